The van der Waals surface area contributed by atoms with Gasteiger partial charge in [-0.3, -0.25) is 0 Å². The van der Waals surface area contributed by atoms with Crippen LogP contribution in [0.4, 0.5) is 0 Å². The van der Waals surface area contributed by atoms with Gasteiger partial charge in [-0.05, 0) is 43.4 Å². The highest BCUT2D eigenvalue weighted by Gasteiger charge is 2.25. The molecule has 1 rings (SSSR count). The molecule has 0 bridgehead atoms. The van der Waals surface area contributed by atoms with Gasteiger partial charge in [0.15, 0.2) is 0 Å². The molecular formula is C11H21I. The van der Waals surface area contributed by atoms with Crippen LogP contribution in [0.15, 0.2) is 0 Å². The fourth-order valence-corrected chi connectivity index (χ4v) is 2.99. The van der Waals surface area contributed by atoms with Crippen molar-refractivity contribution in [3.8, 4) is 0 Å². The van der Waals surface area contributed by atoms with Gasteiger partial charge in [0.2, 0.25) is 0 Å². The Labute approximate surface area is 90.6 Å². The molecule has 1 saturated carbocycles. The Morgan fingerprint density at radius 2 is 1.33 bits per heavy atom. The second kappa shape index (κ2) is 4.83. The maximum atomic E-state index is 2.59. The van der Waals surface area contributed by atoms with Crippen molar-refractivity contribution in [1.29, 1.82) is 0 Å². The smallest absolute Gasteiger partial charge is 0.0110 e. The van der Waals surface area contributed by atoms with Crippen LogP contribution in [0.3, 0.4) is 0 Å². The molecule has 0 N–H and O–H groups in total. The molecule has 0 aromatic carbocycles. The Bertz CT molecular complexity index is 105. The Hall–Kier alpha value is 0.730. The molecule has 0 aromatic heterocycles. The standard InChI is InChI=1S/C11H21I/c1-8(2)10-4-6-11(7-5-10)9(3)12/h8-11H,4-7H2,1-3H3/t9-,10?,11?/m0/s1. The Balaban J connectivity index is 2.30. The topological polar surface area (TPSA) is 0 Å². The zero-order chi connectivity index (χ0) is 9.14. The van der Waals surface area contributed by atoms with Crippen LogP contribution in [0.2, 0.25) is 0 Å². The number of halogens is 1. The third-order valence-corrected chi connectivity index (χ3v) is 4.43. The maximum absolute atomic E-state index is 2.59. The number of alkyl halides is 1. The average molecular weight is 280 g/mol. The molecule has 72 valence electrons. The van der Waals surface area contributed by atoms with E-state index in [1.165, 1.54) is 25.7 Å². The van der Waals surface area contributed by atoms with Crippen LogP contribution in [0.1, 0.15) is 46.5 Å². The summed E-state index contributed by atoms with van der Waals surface area (Å²) in [4.78, 5) is 0. The lowest BCUT2D eigenvalue weighted by Crippen LogP contribution is -2.22. The van der Waals surface area contributed by atoms with Gasteiger partial charge in [-0.2, -0.15) is 0 Å². The number of hydrogen-bond acceptors (Lipinski definition) is 0. The van der Waals surface area contributed by atoms with Gasteiger partial charge < -0.3 is 0 Å². The fraction of sp³-hybridized carbons (Fsp3) is 1.00. The molecule has 1 atom stereocenters. The predicted molar refractivity (Wildman–Crippen MR) is 63.8 cm³/mol. The van der Waals surface area contributed by atoms with Crippen molar-refractivity contribution < 1.29 is 0 Å². The molecular weight excluding hydrogens is 259 g/mol. The van der Waals surface area contributed by atoms with E-state index in [2.05, 4.69) is 43.4 Å². The molecule has 1 heteroatoms. The minimum absolute atomic E-state index is 0.885. The highest BCUT2D eigenvalue weighted by Crippen LogP contribution is 2.36. The van der Waals surface area contributed by atoms with Crippen LogP contribution in [0, 0.1) is 17.8 Å². The van der Waals surface area contributed by atoms with Crippen molar-refractivity contribution in [1.82, 2.24) is 0 Å². The van der Waals surface area contributed by atoms with Crippen molar-refractivity contribution in [2.75, 3.05) is 0 Å². The second-order valence-electron chi connectivity index (χ2n) is 4.60. The number of hydrogen-bond donors (Lipinski definition) is 0. The summed E-state index contributed by atoms with van der Waals surface area (Å²) in [6, 6.07) is 0. The van der Waals surface area contributed by atoms with Gasteiger partial charge in [-0.15, -0.1) is 0 Å². The van der Waals surface area contributed by atoms with Crippen molar-refractivity contribution in [3.63, 3.8) is 0 Å². The average Bonchev–Trinajstić information content (AvgIpc) is 2.04. The van der Waals surface area contributed by atoms with Crippen LogP contribution in [0.5, 0.6) is 0 Å². The van der Waals surface area contributed by atoms with Gasteiger partial charge in [-0.1, -0.05) is 43.4 Å². The second-order valence-corrected chi connectivity index (χ2v) is 6.56. The van der Waals surface area contributed by atoms with E-state index in [0.29, 0.717) is 0 Å². The van der Waals surface area contributed by atoms with Gasteiger partial charge in [0, 0.05) is 3.92 Å². The summed E-state index contributed by atoms with van der Waals surface area (Å²) in [6.07, 6.45) is 5.92. The van der Waals surface area contributed by atoms with Gasteiger partial charge >= 0.3 is 0 Å². The van der Waals surface area contributed by atoms with E-state index in [9.17, 15) is 0 Å². The van der Waals surface area contributed by atoms with E-state index in [1.54, 1.807) is 0 Å². The summed E-state index contributed by atoms with van der Waals surface area (Å²) in [5, 5.41) is 0. The van der Waals surface area contributed by atoms with E-state index < -0.39 is 0 Å². The van der Waals surface area contributed by atoms with E-state index in [0.717, 1.165) is 21.7 Å². The third-order valence-electron chi connectivity index (χ3n) is 3.41. The molecule has 0 nitrogen and oxygen atoms in total. The molecule has 0 aromatic rings. The van der Waals surface area contributed by atoms with Crippen LogP contribution < -0.4 is 0 Å². The summed E-state index contributed by atoms with van der Waals surface area (Å²) in [5.74, 6) is 2.95. The van der Waals surface area contributed by atoms with Crippen LogP contribution >= 0.6 is 22.6 Å². The van der Waals surface area contributed by atoms with Crippen molar-refractivity contribution >= 4 is 22.6 Å². The largest absolute Gasteiger partial charge is 0.0826 e. The van der Waals surface area contributed by atoms with Gasteiger partial charge in [0.25, 0.3) is 0 Å². The summed E-state index contributed by atoms with van der Waals surface area (Å²) in [7, 11) is 0. The molecule has 1 aliphatic carbocycles. The Morgan fingerprint density at radius 1 is 0.917 bits per heavy atom. The molecule has 0 heterocycles. The Morgan fingerprint density at radius 3 is 1.67 bits per heavy atom. The van der Waals surface area contributed by atoms with Gasteiger partial charge in [0.1, 0.15) is 0 Å². The summed E-state index contributed by atoms with van der Waals surface area (Å²) in [6.45, 7) is 7.11. The molecule has 1 aliphatic rings. The van der Waals surface area contributed by atoms with E-state index in [-0.39, 0.29) is 0 Å². The first-order valence-corrected chi connectivity index (χ1v) is 6.50. The Kier molecular flexibility index (Phi) is 4.35. The van der Waals surface area contributed by atoms with Crippen molar-refractivity contribution in [3.05, 3.63) is 0 Å². The van der Waals surface area contributed by atoms with Crippen LogP contribution in [0.25, 0.3) is 0 Å². The van der Waals surface area contributed by atoms with Crippen molar-refractivity contribution in [2.45, 2.75) is 50.4 Å². The van der Waals surface area contributed by atoms with E-state index in [4.69, 9.17) is 0 Å². The molecule has 0 radical (unpaired) electrons. The maximum Gasteiger partial charge on any atom is 0.0110 e. The molecule has 0 amide bonds. The highest BCUT2D eigenvalue weighted by molar-refractivity contribution is 14.1. The monoisotopic (exact) mass is 280 g/mol. The summed E-state index contributed by atoms with van der Waals surface area (Å²) >= 11 is 2.59. The quantitative estimate of drug-likeness (QED) is 0.523. The molecule has 0 aliphatic heterocycles. The van der Waals surface area contributed by atoms with Gasteiger partial charge in [0.05, 0.1) is 0 Å². The fourth-order valence-electron chi connectivity index (χ4n) is 2.27. The number of rotatable bonds is 2. The molecule has 0 spiro atoms. The van der Waals surface area contributed by atoms with Crippen LogP contribution in [-0.2, 0) is 0 Å². The molecule has 0 saturated heterocycles. The predicted octanol–water partition coefficient (Wildman–Crippen LogP) is 4.27. The molecule has 12 heavy (non-hydrogen) atoms. The lowest BCUT2D eigenvalue weighted by Gasteiger charge is -2.32. The summed E-state index contributed by atoms with van der Waals surface area (Å²) in [5.41, 5.74) is 0. The lowest BCUT2D eigenvalue weighted by atomic mass is 9.76. The van der Waals surface area contributed by atoms with Gasteiger partial charge in [-0.25, -0.2) is 0 Å². The molecule has 0 unspecified atom stereocenters. The highest BCUT2D eigenvalue weighted by atomic mass is 127. The minimum Gasteiger partial charge on any atom is -0.0826 e. The first-order chi connectivity index (χ1) is 5.61. The SMILES string of the molecule is CC(C)C1CCC([C@H](C)I)CC1. The van der Waals surface area contributed by atoms with E-state index >= 15 is 0 Å². The zero-order valence-corrected chi connectivity index (χ0v) is 10.7. The van der Waals surface area contributed by atoms with E-state index in [1.807, 2.05) is 0 Å². The third kappa shape index (κ3) is 2.90. The van der Waals surface area contributed by atoms with Crippen molar-refractivity contribution in [2.24, 2.45) is 17.8 Å². The summed E-state index contributed by atoms with van der Waals surface area (Å²) < 4.78 is 0.885. The minimum atomic E-state index is 0.885. The first-order valence-electron chi connectivity index (χ1n) is 5.25. The normalized spacial score (nSPS) is 33.8. The zero-order valence-electron chi connectivity index (χ0n) is 8.52. The van der Waals surface area contributed by atoms with Crippen LogP contribution in [-0.4, -0.2) is 3.92 Å². The lowest BCUT2D eigenvalue weighted by molar-refractivity contribution is 0.226. The first kappa shape index (κ1) is 10.8. The molecule has 1 fully saturated rings.